The van der Waals surface area contributed by atoms with Gasteiger partial charge in [0.2, 0.25) is 5.91 Å². The van der Waals surface area contributed by atoms with Crippen LogP contribution >= 0.6 is 0 Å². The molecule has 6 nitrogen and oxygen atoms in total. The lowest BCUT2D eigenvalue weighted by atomic mass is 10.1. The summed E-state index contributed by atoms with van der Waals surface area (Å²) in [5.41, 5.74) is 2.25. The van der Waals surface area contributed by atoms with E-state index < -0.39 is 0 Å². The molecule has 0 atom stereocenters. The zero-order valence-electron chi connectivity index (χ0n) is 15.9. The van der Waals surface area contributed by atoms with Gasteiger partial charge in [-0.25, -0.2) is 4.98 Å². The van der Waals surface area contributed by atoms with Gasteiger partial charge in [-0.2, -0.15) is 0 Å². The summed E-state index contributed by atoms with van der Waals surface area (Å²) in [7, 11) is 0. The molecule has 3 rings (SSSR count). The van der Waals surface area contributed by atoms with E-state index in [0.717, 1.165) is 43.1 Å². The molecule has 0 spiro atoms. The number of pyridine rings is 1. The number of likely N-dealkylation sites (tertiary alicyclic amines) is 1. The fourth-order valence-electron chi connectivity index (χ4n) is 3.30. The van der Waals surface area contributed by atoms with Crippen molar-refractivity contribution in [3.05, 3.63) is 53.7 Å². The van der Waals surface area contributed by atoms with Crippen molar-refractivity contribution in [3.63, 3.8) is 0 Å². The van der Waals surface area contributed by atoms with E-state index in [1.54, 1.807) is 12.3 Å². The first kappa shape index (κ1) is 18.9. The number of carbonyl (C=O) groups is 2. The van der Waals surface area contributed by atoms with Crippen molar-refractivity contribution in [2.75, 3.05) is 29.9 Å². The average molecular weight is 366 g/mol. The number of aromatic nitrogens is 1. The van der Waals surface area contributed by atoms with Gasteiger partial charge in [-0.3, -0.25) is 9.59 Å². The summed E-state index contributed by atoms with van der Waals surface area (Å²) in [6.07, 6.45) is 3.16. The molecule has 2 aromatic rings. The maximum Gasteiger partial charge on any atom is 0.257 e. The highest BCUT2D eigenvalue weighted by molar-refractivity contribution is 6.04. The fraction of sp³-hybridized carbons (Fsp3) is 0.381. The Labute approximate surface area is 160 Å². The number of benzene rings is 1. The molecule has 142 valence electrons. The number of hydrogen-bond acceptors (Lipinski definition) is 4. The van der Waals surface area contributed by atoms with Crippen LogP contribution < -0.4 is 10.2 Å². The molecular formula is C21H26N4O2. The molecule has 1 aliphatic heterocycles. The van der Waals surface area contributed by atoms with Gasteiger partial charge in [0.25, 0.3) is 5.91 Å². The van der Waals surface area contributed by atoms with Crippen molar-refractivity contribution in [1.82, 2.24) is 9.88 Å². The van der Waals surface area contributed by atoms with Gasteiger partial charge in [0.05, 0.1) is 5.56 Å². The largest absolute Gasteiger partial charge is 0.357 e. The number of rotatable bonds is 7. The highest BCUT2D eigenvalue weighted by Gasteiger charge is 2.20. The molecule has 0 radical (unpaired) electrons. The second kappa shape index (κ2) is 8.66. The van der Waals surface area contributed by atoms with Gasteiger partial charge in [0.1, 0.15) is 5.82 Å². The first-order valence-corrected chi connectivity index (χ1v) is 9.49. The zero-order chi connectivity index (χ0) is 19.2. The summed E-state index contributed by atoms with van der Waals surface area (Å²) in [6, 6.07) is 11.3. The summed E-state index contributed by atoms with van der Waals surface area (Å²) < 4.78 is 0. The van der Waals surface area contributed by atoms with Crippen LogP contribution in [0.25, 0.3) is 0 Å². The van der Waals surface area contributed by atoms with Crippen LogP contribution in [-0.4, -0.2) is 41.3 Å². The van der Waals surface area contributed by atoms with Crippen LogP contribution in [0.2, 0.25) is 0 Å². The van der Waals surface area contributed by atoms with Gasteiger partial charge in [0.15, 0.2) is 0 Å². The van der Waals surface area contributed by atoms with Gasteiger partial charge in [-0.15, -0.1) is 0 Å². The van der Waals surface area contributed by atoms with Gasteiger partial charge in [-0.1, -0.05) is 12.1 Å². The lowest BCUT2D eigenvalue weighted by Crippen LogP contribution is -2.24. The molecule has 0 unspecified atom stereocenters. The van der Waals surface area contributed by atoms with Crippen molar-refractivity contribution >= 4 is 23.3 Å². The highest BCUT2D eigenvalue weighted by atomic mass is 16.2. The zero-order valence-corrected chi connectivity index (χ0v) is 15.9. The van der Waals surface area contributed by atoms with E-state index in [0.29, 0.717) is 18.5 Å². The number of carbonyl (C=O) groups excluding carboxylic acids is 2. The van der Waals surface area contributed by atoms with Gasteiger partial charge in [-0.05, 0) is 50.1 Å². The Morgan fingerprint density at radius 3 is 2.67 bits per heavy atom. The topological polar surface area (TPSA) is 65.5 Å². The Balaban J connectivity index is 1.65. The van der Waals surface area contributed by atoms with E-state index in [4.69, 9.17) is 0 Å². The van der Waals surface area contributed by atoms with Crippen LogP contribution in [0.1, 0.15) is 42.6 Å². The molecule has 0 saturated carbocycles. The third kappa shape index (κ3) is 4.64. The highest BCUT2D eigenvalue weighted by Crippen LogP contribution is 2.18. The second-order valence-electron chi connectivity index (χ2n) is 6.65. The van der Waals surface area contributed by atoms with Crippen LogP contribution in [0.15, 0.2) is 42.6 Å². The van der Waals surface area contributed by atoms with E-state index in [9.17, 15) is 9.59 Å². The maximum absolute atomic E-state index is 12.5. The van der Waals surface area contributed by atoms with Crippen molar-refractivity contribution < 1.29 is 9.59 Å². The minimum atomic E-state index is -0.192. The maximum atomic E-state index is 12.5. The molecule has 1 fully saturated rings. The van der Waals surface area contributed by atoms with E-state index >= 15 is 0 Å². The minimum Gasteiger partial charge on any atom is -0.357 e. The Hall–Kier alpha value is -2.89. The third-order valence-electron chi connectivity index (χ3n) is 4.83. The standard InChI is InChI=1S/C21H26N4O2/c1-3-24(4-2)19-11-10-17(14-22-19)21(27)23-18-8-5-7-16(13-18)15-25-12-6-9-20(25)26/h5,7-8,10-11,13-14H,3-4,6,9,12,15H2,1-2H3,(H,23,27). The molecule has 1 aromatic heterocycles. The van der Waals surface area contributed by atoms with Crippen LogP contribution in [0.3, 0.4) is 0 Å². The van der Waals surface area contributed by atoms with Crippen LogP contribution in [-0.2, 0) is 11.3 Å². The molecule has 1 aliphatic rings. The number of nitrogens with one attached hydrogen (secondary N) is 1. The molecular weight excluding hydrogens is 340 g/mol. The predicted octanol–water partition coefficient (Wildman–Crippen LogP) is 3.30. The van der Waals surface area contributed by atoms with Crippen molar-refractivity contribution in [2.24, 2.45) is 0 Å². The molecule has 27 heavy (non-hydrogen) atoms. The minimum absolute atomic E-state index is 0.192. The molecule has 2 heterocycles. The third-order valence-corrected chi connectivity index (χ3v) is 4.83. The number of amides is 2. The summed E-state index contributed by atoms with van der Waals surface area (Å²) in [5, 5.41) is 2.92. The summed E-state index contributed by atoms with van der Waals surface area (Å²) in [6.45, 7) is 7.30. The monoisotopic (exact) mass is 366 g/mol. The molecule has 1 saturated heterocycles. The van der Waals surface area contributed by atoms with E-state index in [2.05, 4.69) is 29.0 Å². The first-order valence-electron chi connectivity index (χ1n) is 9.49. The number of nitrogens with zero attached hydrogens (tertiary/aromatic N) is 3. The summed E-state index contributed by atoms with van der Waals surface area (Å²) >= 11 is 0. The second-order valence-corrected chi connectivity index (χ2v) is 6.65. The van der Waals surface area contributed by atoms with Gasteiger partial charge < -0.3 is 15.1 Å². The molecule has 0 aliphatic carbocycles. The van der Waals surface area contributed by atoms with E-state index in [1.165, 1.54) is 0 Å². The molecule has 6 heteroatoms. The van der Waals surface area contributed by atoms with Gasteiger partial charge >= 0.3 is 0 Å². The van der Waals surface area contributed by atoms with Crippen LogP contribution in [0, 0.1) is 0 Å². The van der Waals surface area contributed by atoms with Gasteiger partial charge in [0, 0.05) is 44.5 Å². The Morgan fingerprint density at radius 1 is 1.22 bits per heavy atom. The first-order chi connectivity index (χ1) is 13.1. The average Bonchev–Trinajstić information content (AvgIpc) is 3.08. The molecule has 1 aromatic carbocycles. The Kier molecular flexibility index (Phi) is 6.06. The van der Waals surface area contributed by atoms with E-state index in [-0.39, 0.29) is 11.8 Å². The van der Waals surface area contributed by atoms with Crippen molar-refractivity contribution in [1.29, 1.82) is 0 Å². The van der Waals surface area contributed by atoms with Crippen molar-refractivity contribution in [2.45, 2.75) is 33.2 Å². The molecule has 0 bridgehead atoms. The fourth-order valence-corrected chi connectivity index (χ4v) is 3.30. The molecule has 1 N–H and O–H groups in total. The Morgan fingerprint density at radius 2 is 2.04 bits per heavy atom. The van der Waals surface area contributed by atoms with Crippen LogP contribution in [0.5, 0.6) is 0 Å². The quantitative estimate of drug-likeness (QED) is 0.816. The SMILES string of the molecule is CCN(CC)c1ccc(C(=O)Nc2cccc(CN3CCCC3=O)c2)cn1. The number of anilines is 2. The lowest BCUT2D eigenvalue weighted by Gasteiger charge is -2.19. The lowest BCUT2D eigenvalue weighted by molar-refractivity contribution is -0.128. The summed E-state index contributed by atoms with van der Waals surface area (Å²) in [5.74, 6) is 0.876. The number of hydrogen-bond donors (Lipinski definition) is 1. The van der Waals surface area contributed by atoms with Crippen LogP contribution in [0.4, 0.5) is 11.5 Å². The van der Waals surface area contributed by atoms with E-state index in [1.807, 2.05) is 35.2 Å². The Bertz CT molecular complexity index is 800. The summed E-state index contributed by atoms with van der Waals surface area (Å²) in [4.78, 5) is 32.7. The smallest absolute Gasteiger partial charge is 0.257 e. The normalized spacial score (nSPS) is 13.7. The van der Waals surface area contributed by atoms with Crippen molar-refractivity contribution in [3.8, 4) is 0 Å². The molecule has 2 amide bonds. The predicted molar refractivity (Wildman–Crippen MR) is 107 cm³/mol.